The molecule has 0 amide bonds. The molecule has 2 aromatic carbocycles. The molecule has 2 rings (SSSR count). The largest absolute Gasteiger partial charge is 0.496 e. The van der Waals surface area contributed by atoms with Crippen LogP contribution in [-0.4, -0.2) is 25.3 Å². The molecule has 0 aromatic heterocycles. The van der Waals surface area contributed by atoms with E-state index in [1.807, 2.05) is 37.3 Å². The van der Waals surface area contributed by atoms with Crippen LogP contribution in [-0.2, 0) is 11.3 Å². The Hall–Kier alpha value is -2.60. The van der Waals surface area contributed by atoms with Gasteiger partial charge in [0, 0.05) is 12.2 Å². The summed E-state index contributed by atoms with van der Waals surface area (Å²) in [4.78, 5) is 11.8. The van der Waals surface area contributed by atoms with Crippen molar-refractivity contribution < 1.29 is 14.3 Å². The number of carbonyl (C=O) groups is 1. The van der Waals surface area contributed by atoms with Gasteiger partial charge in [-0.3, -0.25) is 0 Å². The summed E-state index contributed by atoms with van der Waals surface area (Å²) < 4.78 is 9.96. The Balaban J connectivity index is 2.02. The Morgan fingerprint density at radius 1 is 1.17 bits per heavy atom. The molecule has 0 aliphatic rings. The lowest BCUT2D eigenvalue weighted by atomic mass is 10.1. The third-order valence-corrected chi connectivity index (χ3v) is 3.76. The van der Waals surface area contributed by atoms with Gasteiger partial charge in [0.2, 0.25) is 0 Å². The van der Waals surface area contributed by atoms with E-state index in [2.05, 4.69) is 10.6 Å². The molecule has 0 spiro atoms. The molecule has 0 saturated heterocycles. The van der Waals surface area contributed by atoms with Gasteiger partial charge < -0.3 is 20.1 Å². The summed E-state index contributed by atoms with van der Waals surface area (Å²) in [7, 11) is 2.86. The molecule has 0 aliphatic heterocycles. The first-order valence-corrected chi connectivity index (χ1v) is 7.81. The molecule has 5 nitrogen and oxygen atoms in total. The molecular weight excluding hydrogens is 324 g/mol. The number of nitrogens with one attached hydrogen (secondary N) is 2. The third kappa shape index (κ3) is 4.45. The van der Waals surface area contributed by atoms with Gasteiger partial charge in [0.25, 0.3) is 0 Å². The SMILES string of the molecule is COC(=O)c1cc(CNC(=S)Nc2ccccc2C)ccc1OC. The normalized spacial score (nSPS) is 9.96. The van der Waals surface area contributed by atoms with Crippen LogP contribution in [0.2, 0.25) is 0 Å². The highest BCUT2D eigenvalue weighted by Crippen LogP contribution is 2.21. The van der Waals surface area contributed by atoms with Crippen molar-refractivity contribution in [3.05, 3.63) is 59.2 Å². The minimum Gasteiger partial charge on any atom is -0.496 e. The fourth-order valence-corrected chi connectivity index (χ4v) is 2.38. The maximum Gasteiger partial charge on any atom is 0.341 e. The van der Waals surface area contributed by atoms with Crippen LogP contribution in [0.4, 0.5) is 5.69 Å². The second-order valence-corrected chi connectivity index (χ2v) is 5.56. The van der Waals surface area contributed by atoms with E-state index in [9.17, 15) is 4.79 Å². The minimum atomic E-state index is -0.436. The predicted octanol–water partition coefficient (Wildman–Crippen LogP) is 3.28. The van der Waals surface area contributed by atoms with Gasteiger partial charge in [0.1, 0.15) is 11.3 Å². The highest BCUT2D eigenvalue weighted by molar-refractivity contribution is 7.80. The highest BCUT2D eigenvalue weighted by Gasteiger charge is 2.13. The lowest BCUT2D eigenvalue weighted by molar-refractivity contribution is 0.0597. The number of thiocarbonyl (C=S) groups is 1. The smallest absolute Gasteiger partial charge is 0.341 e. The zero-order chi connectivity index (χ0) is 17.5. The summed E-state index contributed by atoms with van der Waals surface area (Å²) in [5.74, 6) is 0.0422. The average molecular weight is 344 g/mol. The van der Waals surface area contributed by atoms with Crippen molar-refractivity contribution in [2.75, 3.05) is 19.5 Å². The molecule has 0 fully saturated rings. The van der Waals surface area contributed by atoms with E-state index in [0.29, 0.717) is 23.0 Å². The summed E-state index contributed by atoms with van der Waals surface area (Å²) in [6.07, 6.45) is 0. The molecule has 2 aromatic rings. The molecule has 0 aliphatic carbocycles. The van der Waals surface area contributed by atoms with E-state index in [0.717, 1.165) is 16.8 Å². The third-order valence-electron chi connectivity index (χ3n) is 3.52. The topological polar surface area (TPSA) is 59.6 Å². The van der Waals surface area contributed by atoms with E-state index in [1.165, 1.54) is 14.2 Å². The first-order chi connectivity index (χ1) is 11.5. The summed E-state index contributed by atoms with van der Waals surface area (Å²) in [5, 5.41) is 6.79. The predicted molar refractivity (Wildman–Crippen MR) is 98.6 cm³/mol. The Labute approximate surface area is 147 Å². The highest BCUT2D eigenvalue weighted by atomic mass is 32.1. The molecule has 126 valence electrons. The van der Waals surface area contributed by atoms with E-state index in [-0.39, 0.29) is 0 Å². The van der Waals surface area contributed by atoms with Crippen LogP contribution in [0.25, 0.3) is 0 Å². The Morgan fingerprint density at radius 3 is 2.58 bits per heavy atom. The number of esters is 1. The number of methoxy groups -OCH3 is 2. The first-order valence-electron chi connectivity index (χ1n) is 7.41. The van der Waals surface area contributed by atoms with Crippen molar-refractivity contribution in [2.45, 2.75) is 13.5 Å². The fourth-order valence-electron chi connectivity index (χ4n) is 2.20. The van der Waals surface area contributed by atoms with E-state index >= 15 is 0 Å². The van der Waals surface area contributed by atoms with Gasteiger partial charge in [-0.05, 0) is 48.5 Å². The van der Waals surface area contributed by atoms with Gasteiger partial charge in [0.15, 0.2) is 5.11 Å². The van der Waals surface area contributed by atoms with Crippen molar-refractivity contribution in [3.63, 3.8) is 0 Å². The van der Waals surface area contributed by atoms with Gasteiger partial charge in [-0.25, -0.2) is 4.79 Å². The Morgan fingerprint density at radius 2 is 1.92 bits per heavy atom. The number of anilines is 1. The van der Waals surface area contributed by atoms with E-state index < -0.39 is 5.97 Å². The molecule has 0 saturated carbocycles. The van der Waals surface area contributed by atoms with Crippen LogP contribution in [0.1, 0.15) is 21.5 Å². The maximum absolute atomic E-state index is 11.8. The van der Waals surface area contributed by atoms with Crippen LogP contribution in [0.3, 0.4) is 0 Å². The number of rotatable bonds is 5. The zero-order valence-corrected chi connectivity index (χ0v) is 14.7. The first kappa shape index (κ1) is 17.7. The van der Waals surface area contributed by atoms with Gasteiger partial charge in [-0.15, -0.1) is 0 Å². The lowest BCUT2D eigenvalue weighted by Crippen LogP contribution is -2.28. The van der Waals surface area contributed by atoms with Crippen molar-refractivity contribution in [3.8, 4) is 5.75 Å². The Kier molecular flexibility index (Phi) is 6.14. The summed E-state index contributed by atoms with van der Waals surface area (Å²) >= 11 is 5.31. The van der Waals surface area contributed by atoms with Crippen LogP contribution in [0.5, 0.6) is 5.75 Å². The number of carbonyl (C=O) groups excluding carboxylic acids is 1. The standard InChI is InChI=1S/C18H20N2O3S/c1-12-6-4-5-7-15(12)20-18(24)19-11-13-8-9-16(22-2)14(10-13)17(21)23-3/h4-10H,11H2,1-3H3,(H2,19,20,24). The number of benzene rings is 2. The lowest BCUT2D eigenvalue weighted by Gasteiger charge is -2.13. The zero-order valence-electron chi connectivity index (χ0n) is 13.9. The molecular formula is C18H20N2O3S. The van der Waals surface area contributed by atoms with Gasteiger partial charge in [-0.2, -0.15) is 0 Å². The van der Waals surface area contributed by atoms with Crippen molar-refractivity contribution in [1.82, 2.24) is 5.32 Å². The molecule has 2 N–H and O–H groups in total. The number of aryl methyl sites for hydroxylation is 1. The van der Waals surface area contributed by atoms with Crippen molar-refractivity contribution >= 4 is 29.0 Å². The fraction of sp³-hybridized carbons (Fsp3) is 0.222. The monoisotopic (exact) mass is 344 g/mol. The molecule has 0 atom stereocenters. The molecule has 0 heterocycles. The van der Waals surface area contributed by atoms with Crippen LogP contribution >= 0.6 is 12.2 Å². The molecule has 24 heavy (non-hydrogen) atoms. The molecule has 0 bridgehead atoms. The maximum atomic E-state index is 11.8. The van der Waals surface area contributed by atoms with Crippen LogP contribution in [0, 0.1) is 6.92 Å². The van der Waals surface area contributed by atoms with Gasteiger partial charge in [-0.1, -0.05) is 24.3 Å². The summed E-state index contributed by atoms with van der Waals surface area (Å²) in [6, 6.07) is 13.2. The Bertz CT molecular complexity index is 747. The second kappa shape index (κ2) is 8.31. The molecule has 0 unspecified atom stereocenters. The summed E-state index contributed by atoms with van der Waals surface area (Å²) in [6.45, 7) is 2.49. The number of para-hydroxylation sites is 1. The summed E-state index contributed by atoms with van der Waals surface area (Å²) in [5.41, 5.74) is 3.35. The van der Waals surface area contributed by atoms with Gasteiger partial charge >= 0.3 is 5.97 Å². The molecule has 6 heteroatoms. The van der Waals surface area contributed by atoms with Gasteiger partial charge in [0.05, 0.1) is 14.2 Å². The van der Waals surface area contributed by atoms with Crippen LogP contribution < -0.4 is 15.4 Å². The van der Waals surface area contributed by atoms with Crippen molar-refractivity contribution in [2.24, 2.45) is 0 Å². The van der Waals surface area contributed by atoms with E-state index in [1.54, 1.807) is 12.1 Å². The number of hydrogen-bond donors (Lipinski definition) is 2. The van der Waals surface area contributed by atoms with Crippen LogP contribution in [0.15, 0.2) is 42.5 Å². The molecule has 0 radical (unpaired) electrons. The van der Waals surface area contributed by atoms with E-state index in [4.69, 9.17) is 21.7 Å². The van der Waals surface area contributed by atoms with Crippen molar-refractivity contribution in [1.29, 1.82) is 0 Å². The number of hydrogen-bond acceptors (Lipinski definition) is 4. The second-order valence-electron chi connectivity index (χ2n) is 5.15. The minimum absolute atomic E-state index is 0.386. The quantitative estimate of drug-likeness (QED) is 0.641. The average Bonchev–Trinajstić information content (AvgIpc) is 2.61. The number of ether oxygens (including phenoxy) is 2.